The van der Waals surface area contributed by atoms with Gasteiger partial charge >= 0.3 is 0 Å². The zero-order valence-corrected chi connectivity index (χ0v) is 16.7. The number of aryl methyl sites for hydroxylation is 1. The second kappa shape index (κ2) is 9.88. The van der Waals surface area contributed by atoms with E-state index in [0.717, 1.165) is 11.1 Å². The number of amides is 2. The van der Waals surface area contributed by atoms with Crippen molar-refractivity contribution in [1.82, 2.24) is 10.2 Å². The van der Waals surface area contributed by atoms with Gasteiger partial charge in [0.1, 0.15) is 6.04 Å². The Kier molecular flexibility index (Phi) is 7.55. The minimum absolute atomic E-state index is 0.00502. The van der Waals surface area contributed by atoms with Gasteiger partial charge in [-0.1, -0.05) is 42.0 Å². The van der Waals surface area contributed by atoms with Crippen LogP contribution in [0.1, 0.15) is 31.9 Å². The largest absolute Gasteiger partial charge is 0.481 e. The van der Waals surface area contributed by atoms with Crippen molar-refractivity contribution >= 4 is 11.8 Å². The number of nitrogens with zero attached hydrogens (tertiary/aromatic N) is 1. The first-order chi connectivity index (χ1) is 13.3. The first-order valence-electron chi connectivity index (χ1n) is 9.30. The first kappa shape index (κ1) is 21.4. The van der Waals surface area contributed by atoms with Crippen LogP contribution in [0.5, 0.6) is 5.75 Å². The minimum atomic E-state index is -0.694. The van der Waals surface area contributed by atoms with Crippen molar-refractivity contribution in [3.05, 3.63) is 65.5 Å². The minimum Gasteiger partial charge on any atom is -0.481 e. The summed E-state index contributed by atoms with van der Waals surface area (Å²) < 4.78 is 19.1. The number of halogens is 1. The Labute approximate surface area is 165 Å². The molecular weight excluding hydrogens is 359 g/mol. The molecule has 2 amide bonds. The van der Waals surface area contributed by atoms with Crippen molar-refractivity contribution in [2.45, 2.75) is 46.3 Å². The van der Waals surface area contributed by atoms with Crippen LogP contribution in [0.25, 0.3) is 0 Å². The van der Waals surface area contributed by atoms with E-state index in [9.17, 15) is 14.0 Å². The number of para-hydroxylation sites is 1. The molecule has 0 heterocycles. The summed E-state index contributed by atoms with van der Waals surface area (Å²) in [6, 6.07) is 12.9. The summed E-state index contributed by atoms with van der Waals surface area (Å²) >= 11 is 0. The molecule has 0 saturated carbocycles. The van der Waals surface area contributed by atoms with Crippen molar-refractivity contribution in [2.24, 2.45) is 0 Å². The van der Waals surface area contributed by atoms with E-state index in [1.54, 1.807) is 19.1 Å². The molecule has 0 bridgehead atoms. The van der Waals surface area contributed by atoms with Gasteiger partial charge in [0, 0.05) is 12.6 Å². The molecule has 0 fully saturated rings. The van der Waals surface area contributed by atoms with Crippen LogP contribution < -0.4 is 10.1 Å². The summed E-state index contributed by atoms with van der Waals surface area (Å²) in [5, 5.41) is 2.82. The monoisotopic (exact) mass is 386 g/mol. The van der Waals surface area contributed by atoms with Crippen molar-refractivity contribution in [1.29, 1.82) is 0 Å². The molecule has 1 atom stereocenters. The highest BCUT2D eigenvalue weighted by Gasteiger charge is 2.27. The summed E-state index contributed by atoms with van der Waals surface area (Å²) in [6.45, 7) is 7.27. The number of nitrogens with one attached hydrogen (secondary N) is 1. The van der Waals surface area contributed by atoms with E-state index >= 15 is 0 Å². The van der Waals surface area contributed by atoms with Gasteiger partial charge in [-0.15, -0.1) is 0 Å². The van der Waals surface area contributed by atoms with Crippen LogP contribution in [0.4, 0.5) is 4.39 Å². The van der Waals surface area contributed by atoms with E-state index in [4.69, 9.17) is 4.74 Å². The van der Waals surface area contributed by atoms with Gasteiger partial charge in [-0.3, -0.25) is 9.59 Å². The van der Waals surface area contributed by atoms with E-state index in [-0.39, 0.29) is 30.9 Å². The van der Waals surface area contributed by atoms with Crippen LogP contribution in [0, 0.1) is 12.7 Å². The highest BCUT2D eigenvalue weighted by atomic mass is 19.1. The lowest BCUT2D eigenvalue weighted by Gasteiger charge is -2.29. The Morgan fingerprint density at radius 1 is 1.07 bits per heavy atom. The molecule has 0 aliphatic rings. The van der Waals surface area contributed by atoms with Gasteiger partial charge in [-0.25, -0.2) is 4.39 Å². The van der Waals surface area contributed by atoms with Crippen molar-refractivity contribution in [3.63, 3.8) is 0 Å². The van der Waals surface area contributed by atoms with Gasteiger partial charge in [-0.05, 0) is 45.4 Å². The molecule has 1 N–H and O–H groups in total. The van der Waals surface area contributed by atoms with Crippen LogP contribution >= 0.6 is 0 Å². The molecule has 2 aromatic rings. The molecule has 0 saturated heterocycles. The number of ether oxygens (including phenoxy) is 1. The Balaban J connectivity index is 2.15. The fourth-order valence-electron chi connectivity index (χ4n) is 2.66. The maximum absolute atomic E-state index is 13.7. The third-order valence-electron chi connectivity index (χ3n) is 4.26. The van der Waals surface area contributed by atoms with E-state index < -0.39 is 17.8 Å². The van der Waals surface area contributed by atoms with Gasteiger partial charge in [0.05, 0.1) is 0 Å². The molecule has 0 aliphatic heterocycles. The van der Waals surface area contributed by atoms with Gasteiger partial charge in [0.25, 0.3) is 5.91 Å². The molecule has 1 unspecified atom stereocenters. The topological polar surface area (TPSA) is 58.6 Å². The average molecular weight is 386 g/mol. The summed E-state index contributed by atoms with van der Waals surface area (Å²) in [5.41, 5.74) is 2.00. The molecule has 0 aliphatic carbocycles. The Bertz CT molecular complexity index is 806. The van der Waals surface area contributed by atoms with E-state index in [0.29, 0.717) is 0 Å². The van der Waals surface area contributed by atoms with Crippen LogP contribution in [-0.2, 0) is 16.1 Å². The predicted octanol–water partition coefficient (Wildman–Crippen LogP) is 3.45. The van der Waals surface area contributed by atoms with E-state index in [2.05, 4.69) is 5.32 Å². The van der Waals surface area contributed by atoms with Gasteiger partial charge in [-0.2, -0.15) is 0 Å². The highest BCUT2D eigenvalue weighted by molar-refractivity contribution is 5.88. The SMILES string of the molecule is Cc1ccc(CN(C(=O)COc2ccccc2F)C(C)C(=O)NC(C)C)cc1. The summed E-state index contributed by atoms with van der Waals surface area (Å²) in [7, 11) is 0. The molecule has 0 radical (unpaired) electrons. The van der Waals surface area contributed by atoms with Crippen molar-refractivity contribution in [2.75, 3.05) is 6.61 Å². The standard InChI is InChI=1S/C22H27FN2O3/c1-15(2)24-22(27)17(4)25(13-18-11-9-16(3)10-12-18)21(26)14-28-20-8-6-5-7-19(20)23/h5-12,15,17H,13-14H2,1-4H3,(H,24,27). The van der Waals surface area contributed by atoms with E-state index in [1.807, 2.05) is 45.0 Å². The molecule has 0 aromatic heterocycles. The number of carbonyl (C=O) groups excluding carboxylic acids is 2. The second-order valence-electron chi connectivity index (χ2n) is 7.07. The Morgan fingerprint density at radius 3 is 2.32 bits per heavy atom. The van der Waals surface area contributed by atoms with Crippen LogP contribution in [-0.4, -0.2) is 35.4 Å². The summed E-state index contributed by atoms with van der Waals surface area (Å²) in [4.78, 5) is 26.7. The van der Waals surface area contributed by atoms with Crippen molar-refractivity contribution in [3.8, 4) is 5.75 Å². The molecule has 2 aromatic carbocycles. The number of hydrogen-bond acceptors (Lipinski definition) is 3. The summed E-state index contributed by atoms with van der Waals surface area (Å²) in [5.74, 6) is -1.17. The van der Waals surface area contributed by atoms with Crippen LogP contribution in [0.15, 0.2) is 48.5 Å². The molecule has 28 heavy (non-hydrogen) atoms. The lowest BCUT2D eigenvalue weighted by Crippen LogP contribution is -2.50. The number of carbonyl (C=O) groups is 2. The van der Waals surface area contributed by atoms with Crippen LogP contribution in [0.3, 0.4) is 0 Å². The number of rotatable bonds is 8. The van der Waals surface area contributed by atoms with E-state index in [1.165, 1.54) is 17.0 Å². The third-order valence-corrected chi connectivity index (χ3v) is 4.26. The molecule has 0 spiro atoms. The zero-order valence-electron chi connectivity index (χ0n) is 16.7. The summed E-state index contributed by atoms with van der Waals surface area (Å²) in [6.07, 6.45) is 0. The fraction of sp³-hybridized carbons (Fsp3) is 0.364. The lowest BCUT2D eigenvalue weighted by molar-refractivity contribution is -0.142. The molecular formula is C22H27FN2O3. The van der Waals surface area contributed by atoms with Gasteiger partial charge in [0.15, 0.2) is 18.2 Å². The maximum atomic E-state index is 13.7. The predicted molar refractivity (Wildman–Crippen MR) is 106 cm³/mol. The smallest absolute Gasteiger partial charge is 0.261 e. The molecule has 5 nitrogen and oxygen atoms in total. The molecule has 6 heteroatoms. The quantitative estimate of drug-likeness (QED) is 0.756. The molecule has 2 rings (SSSR count). The zero-order chi connectivity index (χ0) is 20.7. The molecule has 150 valence electrons. The van der Waals surface area contributed by atoms with Crippen LogP contribution in [0.2, 0.25) is 0 Å². The van der Waals surface area contributed by atoms with Gasteiger partial charge < -0.3 is 15.0 Å². The second-order valence-corrected chi connectivity index (χ2v) is 7.07. The normalized spacial score (nSPS) is 11.8. The third kappa shape index (κ3) is 6.08. The van der Waals surface area contributed by atoms with Gasteiger partial charge in [0.2, 0.25) is 5.91 Å². The maximum Gasteiger partial charge on any atom is 0.261 e. The number of benzene rings is 2. The Hall–Kier alpha value is -2.89. The Morgan fingerprint density at radius 2 is 1.71 bits per heavy atom. The average Bonchev–Trinajstić information content (AvgIpc) is 2.65. The first-order valence-corrected chi connectivity index (χ1v) is 9.30. The number of hydrogen-bond donors (Lipinski definition) is 1. The fourth-order valence-corrected chi connectivity index (χ4v) is 2.66. The lowest BCUT2D eigenvalue weighted by atomic mass is 10.1. The van der Waals surface area contributed by atoms with Crippen molar-refractivity contribution < 1.29 is 18.7 Å². The highest BCUT2D eigenvalue weighted by Crippen LogP contribution is 2.16.